The highest BCUT2D eigenvalue weighted by atomic mass is 32.1. The molecule has 5 nitrogen and oxygen atoms in total. The number of benzene rings is 2. The van der Waals surface area contributed by atoms with Gasteiger partial charge in [-0.3, -0.25) is 14.6 Å². The number of amides is 2. The maximum Gasteiger partial charge on any atom is 0.255 e. The summed E-state index contributed by atoms with van der Waals surface area (Å²) in [6.45, 7) is 1.59. The summed E-state index contributed by atoms with van der Waals surface area (Å²) in [7, 11) is 0. The van der Waals surface area contributed by atoms with Gasteiger partial charge in [0.1, 0.15) is 17.7 Å². The van der Waals surface area contributed by atoms with E-state index in [1.807, 2.05) is 0 Å². The number of nitrogens with zero attached hydrogens (tertiary/aromatic N) is 2. The van der Waals surface area contributed by atoms with Crippen molar-refractivity contribution in [1.29, 1.82) is 0 Å². The first-order valence-corrected chi connectivity index (χ1v) is 9.28. The monoisotopic (exact) mass is 401 g/mol. The molecule has 28 heavy (non-hydrogen) atoms. The minimum Gasteiger partial charge on any atom is -0.368 e. The molecule has 0 spiro atoms. The van der Waals surface area contributed by atoms with Gasteiger partial charge in [-0.2, -0.15) is 0 Å². The molecule has 0 fully saturated rings. The predicted molar refractivity (Wildman–Crippen MR) is 101 cm³/mol. The van der Waals surface area contributed by atoms with Crippen LogP contribution in [0.25, 0.3) is 0 Å². The fourth-order valence-corrected chi connectivity index (χ4v) is 3.72. The van der Waals surface area contributed by atoms with E-state index in [1.54, 1.807) is 37.3 Å². The van der Waals surface area contributed by atoms with E-state index in [0.29, 0.717) is 10.4 Å². The molecule has 2 atom stereocenters. The maximum absolute atomic E-state index is 13.8. The van der Waals surface area contributed by atoms with Gasteiger partial charge in [0.15, 0.2) is 0 Å². The summed E-state index contributed by atoms with van der Waals surface area (Å²) in [5.41, 5.74) is 7.66. The van der Waals surface area contributed by atoms with Crippen molar-refractivity contribution >= 4 is 23.2 Å². The summed E-state index contributed by atoms with van der Waals surface area (Å²) in [4.78, 5) is 31.2. The highest BCUT2D eigenvalue weighted by molar-refractivity contribution is 7.09. The number of primary amides is 1. The van der Waals surface area contributed by atoms with Gasteiger partial charge in [0.05, 0.1) is 16.4 Å². The largest absolute Gasteiger partial charge is 0.368 e. The Hall–Kier alpha value is -3.13. The Morgan fingerprint density at radius 2 is 1.75 bits per heavy atom. The third kappa shape index (κ3) is 4.07. The highest BCUT2D eigenvalue weighted by Crippen LogP contribution is 2.34. The maximum atomic E-state index is 13.8. The lowest BCUT2D eigenvalue weighted by molar-refractivity contribution is -0.123. The van der Waals surface area contributed by atoms with E-state index in [-0.39, 0.29) is 5.56 Å². The fraction of sp³-hybridized carbons (Fsp3) is 0.150. The van der Waals surface area contributed by atoms with E-state index >= 15 is 0 Å². The Balaban J connectivity index is 2.13. The number of hydrogen-bond acceptors (Lipinski definition) is 4. The Labute approximate surface area is 164 Å². The van der Waals surface area contributed by atoms with Gasteiger partial charge in [-0.15, -0.1) is 11.3 Å². The summed E-state index contributed by atoms with van der Waals surface area (Å²) in [5.74, 6) is -2.81. The van der Waals surface area contributed by atoms with Crippen LogP contribution in [-0.4, -0.2) is 21.7 Å². The van der Waals surface area contributed by atoms with Gasteiger partial charge in [0, 0.05) is 17.8 Å². The van der Waals surface area contributed by atoms with Crippen LogP contribution in [-0.2, 0) is 4.79 Å². The molecule has 1 heterocycles. The van der Waals surface area contributed by atoms with Crippen LogP contribution in [0.2, 0.25) is 0 Å². The quantitative estimate of drug-likeness (QED) is 0.682. The predicted octanol–water partition coefficient (Wildman–Crippen LogP) is 3.85. The zero-order valence-electron chi connectivity index (χ0n) is 14.9. The molecule has 2 N–H and O–H groups in total. The molecule has 144 valence electrons. The number of nitrogens with two attached hydrogens (primary N) is 1. The Morgan fingerprint density at radius 1 is 1.11 bits per heavy atom. The molecular weight excluding hydrogens is 384 g/mol. The lowest BCUT2D eigenvalue weighted by atomic mass is 10.0. The van der Waals surface area contributed by atoms with Crippen molar-refractivity contribution in [3.05, 3.63) is 87.9 Å². The second kappa shape index (κ2) is 8.26. The van der Waals surface area contributed by atoms with Gasteiger partial charge in [-0.1, -0.05) is 18.2 Å². The summed E-state index contributed by atoms with van der Waals surface area (Å²) in [6, 6.07) is 9.34. The molecule has 3 rings (SSSR count). The number of carbonyl (C=O) groups excluding carboxylic acids is 2. The van der Waals surface area contributed by atoms with E-state index in [9.17, 15) is 18.4 Å². The summed E-state index contributed by atoms with van der Waals surface area (Å²) >= 11 is 1.17. The second-order valence-electron chi connectivity index (χ2n) is 6.17. The summed E-state index contributed by atoms with van der Waals surface area (Å²) in [6.07, 6.45) is 1.45. The van der Waals surface area contributed by atoms with Crippen molar-refractivity contribution in [3.8, 4) is 0 Å². The van der Waals surface area contributed by atoms with Crippen LogP contribution in [0.3, 0.4) is 0 Å². The molecule has 3 aromatic rings. The Kier molecular flexibility index (Phi) is 5.79. The third-order valence-electron chi connectivity index (χ3n) is 4.31. The van der Waals surface area contributed by atoms with Gasteiger partial charge >= 0.3 is 0 Å². The second-order valence-corrected chi connectivity index (χ2v) is 7.08. The topological polar surface area (TPSA) is 76.3 Å². The number of rotatable bonds is 6. The highest BCUT2D eigenvalue weighted by Gasteiger charge is 2.36. The van der Waals surface area contributed by atoms with Crippen LogP contribution >= 0.6 is 11.3 Å². The van der Waals surface area contributed by atoms with E-state index in [1.165, 1.54) is 27.9 Å². The first kappa shape index (κ1) is 19.6. The van der Waals surface area contributed by atoms with Gasteiger partial charge < -0.3 is 10.6 Å². The van der Waals surface area contributed by atoms with Gasteiger partial charge in [0.2, 0.25) is 5.91 Å². The van der Waals surface area contributed by atoms with Crippen molar-refractivity contribution in [2.45, 2.75) is 19.0 Å². The first-order chi connectivity index (χ1) is 13.4. The molecule has 0 aliphatic carbocycles. The Bertz CT molecular complexity index is 960. The average molecular weight is 401 g/mol. The minimum atomic E-state index is -1.14. The minimum absolute atomic E-state index is 0.206. The summed E-state index contributed by atoms with van der Waals surface area (Å²) in [5, 5.41) is 0. The molecule has 0 aliphatic heterocycles. The van der Waals surface area contributed by atoms with Crippen LogP contribution in [0, 0.1) is 11.6 Å². The van der Waals surface area contributed by atoms with Crippen molar-refractivity contribution in [1.82, 2.24) is 9.88 Å². The Morgan fingerprint density at radius 3 is 2.29 bits per heavy atom. The van der Waals surface area contributed by atoms with E-state index in [2.05, 4.69) is 4.98 Å². The van der Waals surface area contributed by atoms with Gasteiger partial charge in [-0.05, 0) is 36.8 Å². The van der Waals surface area contributed by atoms with E-state index in [0.717, 1.165) is 18.2 Å². The molecule has 0 radical (unpaired) electrons. The zero-order chi connectivity index (χ0) is 20.3. The number of thiazole rings is 1. The number of aromatic nitrogens is 1. The lowest BCUT2D eigenvalue weighted by Crippen LogP contribution is -2.43. The third-order valence-corrected chi connectivity index (χ3v) is 5.14. The molecule has 1 aromatic heterocycles. The molecule has 2 aromatic carbocycles. The molecule has 0 saturated heterocycles. The first-order valence-electron chi connectivity index (χ1n) is 8.40. The summed E-state index contributed by atoms with van der Waals surface area (Å²) < 4.78 is 27.5. The smallest absolute Gasteiger partial charge is 0.255 e. The zero-order valence-corrected chi connectivity index (χ0v) is 15.7. The van der Waals surface area contributed by atoms with Crippen molar-refractivity contribution < 1.29 is 18.4 Å². The molecule has 0 saturated carbocycles. The van der Waals surface area contributed by atoms with Crippen LogP contribution in [0.4, 0.5) is 8.78 Å². The molecule has 8 heteroatoms. The standard InChI is InChI=1S/C20H17F2N3O2S/c1-12(14-7-15(21)9-16(22)8-14)25(20(27)13-5-3-2-4-6-13)18(19(23)26)17-10-24-11-28-17/h2-12,18H,1H3,(H2,23,26)/t12-,18-/m1/s1. The molecular formula is C20H17F2N3O2S. The molecule has 0 aliphatic rings. The fourth-order valence-electron chi connectivity index (χ4n) is 3.00. The van der Waals surface area contributed by atoms with Crippen molar-refractivity contribution in [2.75, 3.05) is 0 Å². The molecule has 2 amide bonds. The van der Waals surface area contributed by atoms with Crippen LogP contribution in [0.5, 0.6) is 0 Å². The lowest BCUT2D eigenvalue weighted by Gasteiger charge is -2.34. The SMILES string of the molecule is C[C@H](c1cc(F)cc(F)c1)N(C(=O)c1ccccc1)[C@@H](C(N)=O)c1cncs1. The molecule has 0 bridgehead atoms. The number of carbonyl (C=O) groups is 2. The average Bonchev–Trinajstić information content (AvgIpc) is 3.18. The van der Waals surface area contributed by atoms with Crippen LogP contribution in [0.1, 0.15) is 39.8 Å². The van der Waals surface area contributed by atoms with E-state index in [4.69, 9.17) is 5.73 Å². The van der Waals surface area contributed by atoms with Crippen molar-refractivity contribution in [3.63, 3.8) is 0 Å². The number of halogens is 2. The van der Waals surface area contributed by atoms with Crippen molar-refractivity contribution in [2.24, 2.45) is 5.73 Å². The van der Waals surface area contributed by atoms with Crippen LogP contribution in [0.15, 0.2) is 60.2 Å². The normalized spacial score (nSPS) is 13.0. The van der Waals surface area contributed by atoms with E-state index < -0.39 is 35.5 Å². The van der Waals surface area contributed by atoms with Gasteiger partial charge in [-0.25, -0.2) is 8.78 Å². The van der Waals surface area contributed by atoms with Crippen LogP contribution < -0.4 is 5.73 Å². The number of hydrogen-bond donors (Lipinski definition) is 1. The molecule has 0 unspecified atom stereocenters. The van der Waals surface area contributed by atoms with Gasteiger partial charge in [0.25, 0.3) is 5.91 Å².